The minimum atomic E-state index is -1.08. The van der Waals surface area contributed by atoms with E-state index in [0.29, 0.717) is 12.4 Å². The third kappa shape index (κ3) is 5.44. The average Bonchev–Trinajstić information content (AvgIpc) is 2.70. The Hall–Kier alpha value is -3.62. The van der Waals surface area contributed by atoms with E-state index in [1.165, 1.54) is 25.1 Å². The molecule has 0 aliphatic heterocycles. The Balaban J connectivity index is 1.97. The van der Waals surface area contributed by atoms with Crippen LogP contribution in [0.25, 0.3) is 0 Å². The van der Waals surface area contributed by atoms with E-state index >= 15 is 0 Å². The highest BCUT2D eigenvalue weighted by molar-refractivity contribution is 5.98. The Morgan fingerprint density at radius 1 is 1.07 bits per heavy atom. The number of nitro benzene ring substituents is 1. The second-order valence-corrected chi connectivity index (χ2v) is 5.77. The van der Waals surface area contributed by atoms with E-state index in [1.807, 2.05) is 6.92 Å². The summed E-state index contributed by atoms with van der Waals surface area (Å²) >= 11 is 0. The molecule has 2 aromatic carbocycles. The van der Waals surface area contributed by atoms with Crippen LogP contribution >= 0.6 is 0 Å². The Morgan fingerprint density at radius 3 is 2.39 bits per heavy atom. The predicted octanol–water partition coefficient (Wildman–Crippen LogP) is 2.61. The molecular weight excluding hydrogens is 366 g/mol. The van der Waals surface area contributed by atoms with E-state index in [0.717, 1.165) is 6.42 Å². The van der Waals surface area contributed by atoms with Crippen LogP contribution in [0.3, 0.4) is 0 Å². The molecule has 0 spiro atoms. The van der Waals surface area contributed by atoms with Crippen molar-refractivity contribution < 1.29 is 24.0 Å². The van der Waals surface area contributed by atoms with Crippen LogP contribution in [0.5, 0.6) is 11.5 Å². The first kappa shape index (κ1) is 20.7. The third-order valence-electron chi connectivity index (χ3n) is 3.63. The van der Waals surface area contributed by atoms with Crippen LogP contribution in [0, 0.1) is 10.1 Å². The Kier molecular flexibility index (Phi) is 7.32. The van der Waals surface area contributed by atoms with E-state index in [-0.39, 0.29) is 17.0 Å². The molecule has 148 valence electrons. The van der Waals surface area contributed by atoms with Gasteiger partial charge in [-0.3, -0.25) is 30.6 Å². The van der Waals surface area contributed by atoms with Gasteiger partial charge in [-0.05, 0) is 31.5 Å². The number of carbonyl (C=O) groups excluding carboxylic acids is 2. The molecule has 2 rings (SSSR count). The quantitative estimate of drug-likeness (QED) is 0.531. The van der Waals surface area contributed by atoms with Gasteiger partial charge in [0.2, 0.25) is 0 Å². The van der Waals surface area contributed by atoms with Crippen molar-refractivity contribution in [3.63, 3.8) is 0 Å². The maximum Gasteiger partial charge on any atom is 0.310 e. The van der Waals surface area contributed by atoms with E-state index in [4.69, 9.17) is 9.47 Å². The molecule has 0 aliphatic carbocycles. The third-order valence-corrected chi connectivity index (χ3v) is 3.63. The van der Waals surface area contributed by atoms with Crippen LogP contribution in [-0.4, -0.2) is 29.4 Å². The van der Waals surface area contributed by atoms with Crippen molar-refractivity contribution in [1.82, 2.24) is 10.9 Å². The summed E-state index contributed by atoms with van der Waals surface area (Å²) in [6.07, 6.45) is -0.291. The molecule has 9 nitrogen and oxygen atoms in total. The molecule has 0 heterocycles. The smallest absolute Gasteiger partial charge is 0.310 e. The predicted molar refractivity (Wildman–Crippen MR) is 101 cm³/mol. The number of amides is 2. The zero-order valence-corrected chi connectivity index (χ0v) is 15.5. The lowest BCUT2D eigenvalue weighted by atomic mass is 10.2. The number of ether oxygens (including phenoxy) is 2. The molecule has 0 aromatic heterocycles. The largest absolute Gasteiger partial charge is 0.493 e. The Bertz CT molecular complexity index is 855. The van der Waals surface area contributed by atoms with Gasteiger partial charge < -0.3 is 9.47 Å². The van der Waals surface area contributed by atoms with Gasteiger partial charge >= 0.3 is 5.69 Å². The van der Waals surface area contributed by atoms with E-state index < -0.39 is 22.8 Å². The van der Waals surface area contributed by atoms with E-state index in [2.05, 4.69) is 10.9 Å². The number of rotatable bonds is 8. The molecule has 9 heteroatoms. The second kappa shape index (κ2) is 9.91. The first-order valence-corrected chi connectivity index (χ1v) is 8.66. The SMILES string of the molecule is CCCOc1ccccc1C(=O)NNC(=O)C(C)Oc1ccccc1[N+](=O)[O-]. The standard InChI is InChI=1S/C19H21N3O6/c1-3-12-27-16-10-6-4-8-14(16)19(24)21-20-18(23)13(2)28-17-11-7-5-9-15(17)22(25)26/h4-11,13H,3,12H2,1-2H3,(H,20,23)(H,21,24). The highest BCUT2D eigenvalue weighted by Gasteiger charge is 2.21. The van der Waals surface area contributed by atoms with Crippen LogP contribution < -0.4 is 20.3 Å². The fraction of sp³-hybridized carbons (Fsp3) is 0.263. The summed E-state index contributed by atoms with van der Waals surface area (Å²) in [7, 11) is 0. The first-order chi connectivity index (χ1) is 13.4. The summed E-state index contributed by atoms with van der Waals surface area (Å²) in [5.41, 5.74) is 4.54. The molecule has 28 heavy (non-hydrogen) atoms. The number of hydrogen-bond donors (Lipinski definition) is 2. The maximum absolute atomic E-state index is 12.3. The molecule has 0 bridgehead atoms. The zero-order valence-electron chi connectivity index (χ0n) is 15.5. The second-order valence-electron chi connectivity index (χ2n) is 5.77. The van der Waals surface area contributed by atoms with Crippen LogP contribution in [0.1, 0.15) is 30.6 Å². The van der Waals surface area contributed by atoms with Gasteiger partial charge in [0.05, 0.1) is 17.1 Å². The van der Waals surface area contributed by atoms with Crippen molar-refractivity contribution in [1.29, 1.82) is 0 Å². The van der Waals surface area contributed by atoms with E-state index in [9.17, 15) is 19.7 Å². The molecule has 2 amide bonds. The molecule has 0 saturated carbocycles. The normalized spacial score (nSPS) is 11.2. The van der Waals surface area contributed by atoms with Crippen molar-refractivity contribution in [3.8, 4) is 11.5 Å². The Labute approximate surface area is 161 Å². The number of nitrogens with one attached hydrogen (secondary N) is 2. The van der Waals surface area contributed by atoms with Crippen LogP contribution in [0.4, 0.5) is 5.69 Å². The molecule has 0 saturated heterocycles. The molecule has 0 aliphatic rings. The van der Waals surface area contributed by atoms with Gasteiger partial charge in [0, 0.05) is 6.07 Å². The monoisotopic (exact) mass is 387 g/mol. The number of para-hydroxylation sites is 3. The van der Waals surface area contributed by atoms with Crippen molar-refractivity contribution in [2.75, 3.05) is 6.61 Å². The molecule has 2 N–H and O–H groups in total. The maximum atomic E-state index is 12.3. The fourth-order valence-electron chi connectivity index (χ4n) is 2.23. The minimum absolute atomic E-state index is 0.0419. The van der Waals surface area contributed by atoms with Gasteiger partial charge in [0.15, 0.2) is 11.9 Å². The number of hydrogen-bond acceptors (Lipinski definition) is 6. The molecular formula is C19H21N3O6. The summed E-state index contributed by atoms with van der Waals surface area (Å²) in [5.74, 6) is -0.864. The van der Waals surface area contributed by atoms with Crippen LogP contribution in [0.2, 0.25) is 0 Å². The summed E-state index contributed by atoms with van der Waals surface area (Å²) < 4.78 is 10.9. The molecule has 1 atom stereocenters. The van der Waals surface area contributed by atoms with Gasteiger partial charge in [-0.1, -0.05) is 31.2 Å². The van der Waals surface area contributed by atoms with Crippen molar-refractivity contribution in [3.05, 3.63) is 64.2 Å². The van der Waals surface area contributed by atoms with Gasteiger partial charge in [-0.2, -0.15) is 0 Å². The van der Waals surface area contributed by atoms with Gasteiger partial charge in [-0.25, -0.2) is 0 Å². The van der Waals surface area contributed by atoms with Gasteiger partial charge in [0.1, 0.15) is 5.75 Å². The summed E-state index contributed by atoms with van der Waals surface area (Å²) in [5, 5.41) is 11.0. The summed E-state index contributed by atoms with van der Waals surface area (Å²) in [4.78, 5) is 34.9. The van der Waals surface area contributed by atoms with Crippen molar-refractivity contribution >= 4 is 17.5 Å². The van der Waals surface area contributed by atoms with Crippen LogP contribution in [-0.2, 0) is 4.79 Å². The highest BCUT2D eigenvalue weighted by atomic mass is 16.6. The minimum Gasteiger partial charge on any atom is -0.493 e. The lowest BCUT2D eigenvalue weighted by Gasteiger charge is -2.16. The van der Waals surface area contributed by atoms with Gasteiger partial charge in [0.25, 0.3) is 11.8 Å². The highest BCUT2D eigenvalue weighted by Crippen LogP contribution is 2.26. The molecule has 1 unspecified atom stereocenters. The van der Waals surface area contributed by atoms with Crippen LogP contribution in [0.15, 0.2) is 48.5 Å². The van der Waals surface area contributed by atoms with E-state index in [1.54, 1.807) is 30.3 Å². The summed E-state index contributed by atoms with van der Waals surface area (Å²) in [6, 6.07) is 12.4. The lowest BCUT2D eigenvalue weighted by Crippen LogP contribution is -2.47. The number of nitro groups is 1. The van der Waals surface area contributed by atoms with Crippen molar-refractivity contribution in [2.24, 2.45) is 0 Å². The zero-order chi connectivity index (χ0) is 20.5. The average molecular weight is 387 g/mol. The fourth-order valence-corrected chi connectivity index (χ4v) is 2.23. The molecule has 2 aromatic rings. The number of nitrogens with zero attached hydrogens (tertiary/aromatic N) is 1. The lowest BCUT2D eigenvalue weighted by molar-refractivity contribution is -0.386. The number of carbonyl (C=O) groups is 2. The van der Waals surface area contributed by atoms with Crippen molar-refractivity contribution in [2.45, 2.75) is 26.4 Å². The summed E-state index contributed by atoms with van der Waals surface area (Å²) in [6.45, 7) is 3.81. The molecule has 0 fully saturated rings. The Morgan fingerprint density at radius 2 is 1.71 bits per heavy atom. The number of hydrazine groups is 1. The first-order valence-electron chi connectivity index (χ1n) is 8.66. The number of benzene rings is 2. The molecule has 0 radical (unpaired) electrons. The van der Waals surface area contributed by atoms with Gasteiger partial charge in [-0.15, -0.1) is 0 Å². The topological polar surface area (TPSA) is 120 Å².